The molecule has 214 valence electrons. The van der Waals surface area contributed by atoms with Gasteiger partial charge in [0.05, 0.1) is 30.8 Å². The highest BCUT2D eigenvalue weighted by Gasteiger charge is 2.18. The second kappa shape index (κ2) is 11.3. The van der Waals surface area contributed by atoms with Crippen LogP contribution in [0, 0.1) is 6.92 Å². The van der Waals surface area contributed by atoms with Crippen molar-refractivity contribution < 1.29 is 9.53 Å². The molecule has 2 amide bonds. The molecule has 1 aliphatic rings. The number of carbonyl (C=O) groups is 1. The zero-order valence-electron chi connectivity index (χ0n) is 24.6. The summed E-state index contributed by atoms with van der Waals surface area (Å²) in [5.74, 6) is 0.600. The van der Waals surface area contributed by atoms with E-state index in [1.807, 2.05) is 30.3 Å². The first-order valence-corrected chi connectivity index (χ1v) is 14.5. The Hall–Kier alpha value is -4.62. The number of nitrogens with one attached hydrogen (secondary N) is 2. The van der Waals surface area contributed by atoms with Gasteiger partial charge in [0, 0.05) is 30.2 Å². The number of benzene rings is 4. The highest BCUT2D eigenvalue weighted by molar-refractivity contribution is 6.09. The van der Waals surface area contributed by atoms with E-state index in [2.05, 4.69) is 103 Å². The molecule has 7 nitrogen and oxygen atoms in total. The van der Waals surface area contributed by atoms with Gasteiger partial charge in [0.1, 0.15) is 5.82 Å². The number of anilines is 3. The van der Waals surface area contributed by atoms with Gasteiger partial charge in [-0.25, -0.2) is 9.48 Å². The number of aromatic nitrogens is 2. The summed E-state index contributed by atoms with van der Waals surface area (Å²) in [5, 5.41) is 12.7. The molecule has 4 aromatic carbocycles. The number of fused-ring (bicyclic) bond motifs is 1. The van der Waals surface area contributed by atoms with Gasteiger partial charge in [-0.15, -0.1) is 0 Å². The standard InChI is InChI=1S/C35H37N5O2/c1-24-9-12-26(35(2,3)4)23-32(24)40-33(17-18-36-40)38-34(41)37-31-16-15-28(29-7-5-6-8-30(29)31)25-10-13-27(14-11-25)39-19-21-42-22-20-39/h5-18,23H,19-22H2,1-4H3,(H2,37,38,41). The summed E-state index contributed by atoms with van der Waals surface area (Å²) in [6, 6.07) is 28.8. The zero-order valence-corrected chi connectivity index (χ0v) is 24.6. The molecule has 0 saturated carbocycles. The van der Waals surface area contributed by atoms with Crippen molar-refractivity contribution in [2.45, 2.75) is 33.1 Å². The first-order valence-electron chi connectivity index (χ1n) is 14.5. The van der Waals surface area contributed by atoms with E-state index in [4.69, 9.17) is 4.74 Å². The minimum Gasteiger partial charge on any atom is -0.378 e. The first-order chi connectivity index (χ1) is 20.3. The van der Waals surface area contributed by atoms with Gasteiger partial charge in [-0.2, -0.15) is 5.10 Å². The van der Waals surface area contributed by atoms with Gasteiger partial charge in [0.15, 0.2) is 0 Å². The van der Waals surface area contributed by atoms with E-state index < -0.39 is 0 Å². The van der Waals surface area contributed by atoms with Crippen LogP contribution in [-0.2, 0) is 10.2 Å². The van der Waals surface area contributed by atoms with Crippen molar-refractivity contribution in [2.24, 2.45) is 0 Å². The van der Waals surface area contributed by atoms with Crippen molar-refractivity contribution >= 4 is 34.0 Å². The maximum absolute atomic E-state index is 13.3. The number of urea groups is 1. The first kappa shape index (κ1) is 27.5. The quantitative estimate of drug-likeness (QED) is 0.231. The fraction of sp³-hybridized carbons (Fsp3) is 0.257. The highest BCUT2D eigenvalue weighted by atomic mass is 16.5. The maximum Gasteiger partial charge on any atom is 0.324 e. The molecule has 0 bridgehead atoms. The van der Waals surface area contributed by atoms with Crippen LogP contribution in [0.4, 0.5) is 22.0 Å². The fourth-order valence-electron chi connectivity index (χ4n) is 5.50. The molecule has 1 fully saturated rings. The molecular formula is C35H37N5O2. The third kappa shape index (κ3) is 5.60. The van der Waals surface area contributed by atoms with Gasteiger partial charge in [0.25, 0.3) is 0 Å². The fourth-order valence-corrected chi connectivity index (χ4v) is 5.50. The average Bonchev–Trinajstić information content (AvgIpc) is 3.45. The van der Waals surface area contributed by atoms with Crippen LogP contribution >= 0.6 is 0 Å². The van der Waals surface area contributed by atoms with Crippen LogP contribution in [-0.4, -0.2) is 42.1 Å². The van der Waals surface area contributed by atoms with Gasteiger partial charge in [-0.05, 0) is 64.2 Å². The predicted molar refractivity (Wildman–Crippen MR) is 172 cm³/mol. The Morgan fingerprint density at radius 2 is 1.60 bits per heavy atom. The molecule has 0 atom stereocenters. The lowest BCUT2D eigenvalue weighted by atomic mass is 9.86. The molecule has 42 heavy (non-hydrogen) atoms. The monoisotopic (exact) mass is 559 g/mol. The van der Waals surface area contributed by atoms with E-state index in [1.54, 1.807) is 10.9 Å². The Morgan fingerprint density at radius 1 is 0.857 bits per heavy atom. The second-order valence-corrected chi connectivity index (χ2v) is 11.8. The molecule has 2 N–H and O–H groups in total. The topological polar surface area (TPSA) is 71.4 Å². The number of hydrogen-bond acceptors (Lipinski definition) is 4. The molecule has 0 aliphatic carbocycles. The predicted octanol–water partition coefficient (Wildman–Crippen LogP) is 7.78. The van der Waals surface area contributed by atoms with Crippen molar-refractivity contribution in [3.05, 3.63) is 102 Å². The van der Waals surface area contributed by atoms with Crippen LogP contribution in [0.1, 0.15) is 31.9 Å². The summed E-state index contributed by atoms with van der Waals surface area (Å²) in [4.78, 5) is 15.6. The molecule has 6 rings (SSSR count). The minimum absolute atomic E-state index is 0.00142. The zero-order chi connectivity index (χ0) is 29.3. The second-order valence-electron chi connectivity index (χ2n) is 11.8. The lowest BCUT2D eigenvalue weighted by Gasteiger charge is -2.29. The third-order valence-corrected chi connectivity index (χ3v) is 7.91. The Labute approximate surface area is 247 Å². The molecule has 5 aromatic rings. The molecular weight excluding hydrogens is 522 g/mol. The van der Waals surface area contributed by atoms with Gasteiger partial charge in [0.2, 0.25) is 0 Å². The van der Waals surface area contributed by atoms with Gasteiger partial charge in [-0.1, -0.05) is 75.4 Å². The van der Waals surface area contributed by atoms with Crippen molar-refractivity contribution in [2.75, 3.05) is 41.8 Å². The third-order valence-electron chi connectivity index (χ3n) is 7.91. The van der Waals surface area contributed by atoms with Gasteiger partial charge >= 0.3 is 6.03 Å². The highest BCUT2D eigenvalue weighted by Crippen LogP contribution is 2.34. The number of ether oxygens (including phenoxy) is 1. The molecule has 2 heterocycles. The summed E-state index contributed by atoms with van der Waals surface area (Å²) in [6.07, 6.45) is 1.70. The van der Waals surface area contributed by atoms with E-state index in [-0.39, 0.29) is 11.4 Å². The van der Waals surface area contributed by atoms with Crippen LogP contribution in [0.5, 0.6) is 0 Å². The number of carbonyl (C=O) groups excluding carboxylic acids is 1. The lowest BCUT2D eigenvalue weighted by Crippen LogP contribution is -2.36. The molecule has 0 radical (unpaired) electrons. The van der Waals surface area contributed by atoms with Crippen LogP contribution in [0.3, 0.4) is 0 Å². The van der Waals surface area contributed by atoms with Crippen LogP contribution in [0.15, 0.2) is 91.1 Å². The average molecular weight is 560 g/mol. The van der Waals surface area contributed by atoms with Crippen LogP contribution < -0.4 is 15.5 Å². The Balaban J connectivity index is 1.24. The molecule has 7 heteroatoms. The van der Waals surface area contributed by atoms with E-state index in [1.165, 1.54) is 11.3 Å². The van der Waals surface area contributed by atoms with Crippen molar-refractivity contribution in [1.82, 2.24) is 9.78 Å². The smallest absolute Gasteiger partial charge is 0.324 e. The van der Waals surface area contributed by atoms with Crippen molar-refractivity contribution in [3.8, 4) is 16.8 Å². The van der Waals surface area contributed by atoms with Crippen LogP contribution in [0.2, 0.25) is 0 Å². The summed E-state index contributed by atoms with van der Waals surface area (Å²) in [6.45, 7) is 12.0. The normalized spacial score (nSPS) is 13.8. The van der Waals surface area contributed by atoms with E-state index in [0.717, 1.165) is 65.1 Å². The van der Waals surface area contributed by atoms with Crippen molar-refractivity contribution in [3.63, 3.8) is 0 Å². The number of morpholine rings is 1. The Bertz CT molecular complexity index is 1730. The molecule has 1 saturated heterocycles. The minimum atomic E-state index is -0.325. The summed E-state index contributed by atoms with van der Waals surface area (Å²) >= 11 is 0. The van der Waals surface area contributed by atoms with E-state index >= 15 is 0 Å². The summed E-state index contributed by atoms with van der Waals surface area (Å²) in [5.41, 5.74) is 7.43. The SMILES string of the molecule is Cc1ccc(C(C)(C)C)cc1-n1nccc1NC(=O)Nc1ccc(-c2ccc(N3CCOCC3)cc2)c2ccccc12. The Kier molecular flexibility index (Phi) is 7.43. The maximum atomic E-state index is 13.3. The van der Waals surface area contributed by atoms with Crippen molar-refractivity contribution in [1.29, 1.82) is 0 Å². The van der Waals surface area contributed by atoms with E-state index in [9.17, 15) is 4.79 Å². The largest absolute Gasteiger partial charge is 0.378 e. The summed E-state index contributed by atoms with van der Waals surface area (Å²) < 4.78 is 7.28. The van der Waals surface area contributed by atoms with Gasteiger partial charge in [-0.3, -0.25) is 5.32 Å². The number of aryl methyl sites for hydroxylation is 1. The number of rotatable bonds is 5. The number of amides is 2. The van der Waals surface area contributed by atoms with E-state index in [0.29, 0.717) is 5.82 Å². The molecule has 1 aromatic heterocycles. The molecule has 1 aliphatic heterocycles. The lowest BCUT2D eigenvalue weighted by molar-refractivity contribution is 0.122. The Morgan fingerprint density at radius 3 is 2.33 bits per heavy atom. The summed E-state index contributed by atoms with van der Waals surface area (Å²) in [7, 11) is 0. The number of nitrogens with zero attached hydrogens (tertiary/aromatic N) is 3. The van der Waals surface area contributed by atoms with Crippen LogP contribution in [0.25, 0.3) is 27.6 Å². The molecule has 0 unspecified atom stereocenters. The van der Waals surface area contributed by atoms with Gasteiger partial charge < -0.3 is 15.0 Å². The molecule has 0 spiro atoms. The number of hydrogen-bond donors (Lipinski definition) is 2.